The second kappa shape index (κ2) is 9.48. The molecule has 2 amide bonds. The van der Waals surface area contributed by atoms with Crippen LogP contribution in [-0.4, -0.2) is 51.1 Å². The molecule has 0 unspecified atom stereocenters. The number of piperazine rings is 1. The highest BCUT2D eigenvalue weighted by molar-refractivity contribution is 5.91. The Bertz CT molecular complexity index is 789. The smallest absolute Gasteiger partial charge is 0.279 e. The van der Waals surface area contributed by atoms with E-state index in [0.717, 1.165) is 31.9 Å². The fourth-order valence-electron chi connectivity index (χ4n) is 3.44. The molecule has 2 aromatic rings. The molecule has 1 aliphatic heterocycles. The molecule has 1 fully saturated rings. The van der Waals surface area contributed by atoms with Crippen molar-refractivity contribution in [2.45, 2.75) is 13.0 Å². The number of amides is 2. The van der Waals surface area contributed by atoms with Crippen molar-refractivity contribution >= 4 is 17.5 Å². The minimum absolute atomic E-state index is 0.00815. The van der Waals surface area contributed by atoms with Gasteiger partial charge in [0.05, 0.1) is 12.3 Å². The Morgan fingerprint density at radius 3 is 2.36 bits per heavy atom. The summed E-state index contributed by atoms with van der Waals surface area (Å²) in [5.41, 5.74) is 0.469. The molecule has 1 aromatic carbocycles. The molecule has 0 spiro atoms. The van der Waals surface area contributed by atoms with Gasteiger partial charge >= 0.3 is 0 Å². The third kappa shape index (κ3) is 5.90. The molecule has 7 nitrogen and oxygen atoms in total. The van der Waals surface area contributed by atoms with Gasteiger partial charge in [-0.15, -0.1) is 0 Å². The van der Waals surface area contributed by atoms with E-state index in [1.54, 1.807) is 24.5 Å². The highest BCUT2D eigenvalue weighted by Crippen LogP contribution is 2.11. The van der Waals surface area contributed by atoms with Crippen LogP contribution in [0.3, 0.4) is 0 Å². The maximum Gasteiger partial charge on any atom is 0.279 e. The molecule has 1 aliphatic rings. The Morgan fingerprint density at radius 2 is 1.75 bits per heavy atom. The zero-order valence-corrected chi connectivity index (χ0v) is 16.0. The lowest BCUT2D eigenvalue weighted by molar-refractivity contribution is -1.00. The molecule has 4 N–H and O–H groups in total. The van der Waals surface area contributed by atoms with Crippen LogP contribution in [0.5, 0.6) is 0 Å². The van der Waals surface area contributed by atoms with E-state index in [9.17, 15) is 14.0 Å². The molecule has 0 saturated carbocycles. The fraction of sp³-hybridized carbons (Fsp3) is 0.400. The van der Waals surface area contributed by atoms with Gasteiger partial charge in [-0.2, -0.15) is 0 Å². The lowest BCUT2D eigenvalue weighted by Gasteiger charge is -2.29. The van der Waals surface area contributed by atoms with Crippen LogP contribution in [-0.2, 0) is 9.59 Å². The first kappa shape index (κ1) is 20.0. The number of hydrogen-bond acceptors (Lipinski definition) is 3. The van der Waals surface area contributed by atoms with E-state index in [-0.39, 0.29) is 23.7 Å². The number of rotatable bonds is 7. The van der Waals surface area contributed by atoms with E-state index < -0.39 is 0 Å². The predicted octanol–water partition coefficient (Wildman–Crippen LogP) is -0.982. The normalized spacial score (nSPS) is 20.4. The SMILES string of the molecule is C[C@@H](NC(=O)C[NH+]1CC[NH+](CC(=O)Nc2cccc(F)c2)CC1)c1ccco1. The van der Waals surface area contributed by atoms with Crippen LogP contribution in [0.15, 0.2) is 47.1 Å². The minimum atomic E-state index is -0.373. The van der Waals surface area contributed by atoms with Gasteiger partial charge in [-0.05, 0) is 37.3 Å². The van der Waals surface area contributed by atoms with E-state index in [2.05, 4.69) is 10.6 Å². The minimum Gasteiger partial charge on any atom is -0.467 e. The summed E-state index contributed by atoms with van der Waals surface area (Å²) in [6.45, 7) is 5.92. The van der Waals surface area contributed by atoms with E-state index in [1.807, 2.05) is 13.0 Å². The second-order valence-corrected chi connectivity index (χ2v) is 7.22. The van der Waals surface area contributed by atoms with Crippen molar-refractivity contribution in [3.63, 3.8) is 0 Å². The van der Waals surface area contributed by atoms with Crippen LogP contribution in [0.1, 0.15) is 18.7 Å². The Labute approximate surface area is 163 Å². The van der Waals surface area contributed by atoms with Crippen LogP contribution < -0.4 is 20.4 Å². The van der Waals surface area contributed by atoms with Crippen molar-refractivity contribution in [2.24, 2.45) is 0 Å². The molecule has 28 heavy (non-hydrogen) atoms. The molecule has 1 aromatic heterocycles. The number of benzene rings is 1. The summed E-state index contributed by atoms with van der Waals surface area (Å²) in [6.07, 6.45) is 1.59. The average Bonchev–Trinajstić information content (AvgIpc) is 3.18. The first-order chi connectivity index (χ1) is 13.5. The average molecular weight is 390 g/mol. The second-order valence-electron chi connectivity index (χ2n) is 7.22. The maximum absolute atomic E-state index is 13.2. The van der Waals surface area contributed by atoms with Crippen molar-refractivity contribution in [2.75, 3.05) is 44.6 Å². The van der Waals surface area contributed by atoms with Gasteiger partial charge < -0.3 is 24.9 Å². The van der Waals surface area contributed by atoms with Gasteiger partial charge in [-0.25, -0.2) is 4.39 Å². The Balaban J connectivity index is 1.37. The maximum atomic E-state index is 13.2. The number of furan rings is 1. The number of hydrogen-bond donors (Lipinski definition) is 4. The summed E-state index contributed by atoms with van der Waals surface area (Å²) in [7, 11) is 0. The molecule has 1 atom stereocenters. The first-order valence-corrected chi connectivity index (χ1v) is 9.55. The summed E-state index contributed by atoms with van der Waals surface area (Å²) >= 11 is 0. The van der Waals surface area contributed by atoms with Crippen molar-refractivity contribution < 1.29 is 28.2 Å². The van der Waals surface area contributed by atoms with Gasteiger partial charge in [0.15, 0.2) is 13.1 Å². The Kier molecular flexibility index (Phi) is 6.78. The third-order valence-electron chi connectivity index (χ3n) is 4.94. The Morgan fingerprint density at radius 1 is 1.07 bits per heavy atom. The van der Waals surface area contributed by atoms with E-state index in [1.165, 1.54) is 21.9 Å². The predicted molar refractivity (Wildman–Crippen MR) is 101 cm³/mol. The molecule has 0 radical (unpaired) electrons. The topological polar surface area (TPSA) is 80.2 Å². The zero-order chi connectivity index (χ0) is 19.9. The van der Waals surface area contributed by atoms with Crippen molar-refractivity contribution in [1.82, 2.24) is 5.32 Å². The van der Waals surface area contributed by atoms with Crippen LogP contribution in [0.2, 0.25) is 0 Å². The van der Waals surface area contributed by atoms with Crippen LogP contribution >= 0.6 is 0 Å². The quantitative estimate of drug-likeness (QED) is 0.491. The molecule has 2 heterocycles. The monoisotopic (exact) mass is 390 g/mol. The molecule has 8 heteroatoms. The molecule has 150 valence electrons. The highest BCUT2D eigenvalue weighted by Gasteiger charge is 2.27. The Hall–Kier alpha value is -2.71. The first-order valence-electron chi connectivity index (χ1n) is 9.55. The van der Waals surface area contributed by atoms with Crippen molar-refractivity contribution in [3.8, 4) is 0 Å². The van der Waals surface area contributed by atoms with Gasteiger partial charge in [-0.1, -0.05) is 6.07 Å². The molecular formula is C20H27FN4O3+2. The molecular weight excluding hydrogens is 363 g/mol. The largest absolute Gasteiger partial charge is 0.467 e. The molecule has 1 saturated heterocycles. The van der Waals surface area contributed by atoms with Crippen molar-refractivity contribution in [3.05, 3.63) is 54.2 Å². The van der Waals surface area contributed by atoms with Crippen molar-refractivity contribution in [1.29, 1.82) is 0 Å². The number of halogens is 1. The number of anilines is 1. The van der Waals surface area contributed by atoms with Crippen LogP contribution in [0.25, 0.3) is 0 Å². The summed E-state index contributed by atoms with van der Waals surface area (Å²) < 4.78 is 18.5. The lowest BCUT2D eigenvalue weighted by atomic mass is 10.2. The lowest BCUT2D eigenvalue weighted by Crippen LogP contribution is -3.28. The summed E-state index contributed by atoms with van der Waals surface area (Å²) in [6, 6.07) is 9.37. The summed E-state index contributed by atoms with van der Waals surface area (Å²) in [5, 5.41) is 5.68. The van der Waals surface area contributed by atoms with E-state index in [0.29, 0.717) is 18.8 Å². The number of carbonyl (C=O) groups excluding carboxylic acids is 2. The highest BCUT2D eigenvalue weighted by atomic mass is 19.1. The molecule has 0 aliphatic carbocycles. The molecule has 3 rings (SSSR count). The zero-order valence-electron chi connectivity index (χ0n) is 16.0. The van der Waals surface area contributed by atoms with Crippen LogP contribution in [0.4, 0.5) is 10.1 Å². The third-order valence-corrected chi connectivity index (χ3v) is 4.94. The van der Waals surface area contributed by atoms with Gasteiger partial charge in [0, 0.05) is 5.69 Å². The van der Waals surface area contributed by atoms with Gasteiger partial charge in [0.1, 0.15) is 37.8 Å². The van der Waals surface area contributed by atoms with Crippen LogP contribution in [0, 0.1) is 5.82 Å². The van der Waals surface area contributed by atoms with E-state index in [4.69, 9.17) is 4.42 Å². The summed E-state index contributed by atoms with van der Waals surface area (Å²) in [5.74, 6) is 0.226. The molecule has 0 bridgehead atoms. The number of quaternary nitrogens is 2. The van der Waals surface area contributed by atoms with Gasteiger partial charge in [0.25, 0.3) is 11.8 Å². The van der Waals surface area contributed by atoms with Gasteiger partial charge in [0.2, 0.25) is 0 Å². The standard InChI is InChI=1S/C20H25FN4O3/c1-15(18-6-3-11-28-18)22-19(26)13-24-7-9-25(10-8-24)14-20(27)23-17-5-2-4-16(21)12-17/h2-6,11-12,15H,7-10,13-14H2,1H3,(H,22,26)(H,23,27)/p+2/t15-/m1/s1. The fourth-order valence-corrected chi connectivity index (χ4v) is 3.44. The summed E-state index contributed by atoms with van der Waals surface area (Å²) in [4.78, 5) is 26.8. The van der Waals surface area contributed by atoms with Gasteiger partial charge in [-0.3, -0.25) is 9.59 Å². The van der Waals surface area contributed by atoms with E-state index >= 15 is 0 Å². The number of nitrogens with one attached hydrogen (secondary N) is 4. The number of carbonyl (C=O) groups is 2.